The first-order valence-electron chi connectivity index (χ1n) is 10.3. The number of carbonyl (C=O) groups is 2. The van der Waals surface area contributed by atoms with Crippen LogP contribution in [0.2, 0.25) is 0 Å². The van der Waals surface area contributed by atoms with Crippen molar-refractivity contribution in [3.8, 4) is 10.6 Å². The van der Waals surface area contributed by atoms with Crippen molar-refractivity contribution in [1.82, 2.24) is 9.97 Å². The second-order valence-corrected chi connectivity index (χ2v) is 8.67. The molecule has 170 valence electrons. The number of para-hydroxylation sites is 1. The Morgan fingerprint density at radius 2 is 1.85 bits per heavy atom. The number of thiazole rings is 1. The zero-order valence-electron chi connectivity index (χ0n) is 18.4. The number of aryl methyl sites for hydroxylation is 2. The number of carbonyl (C=O) groups excluding carboxylic acids is 2. The van der Waals surface area contributed by atoms with E-state index in [9.17, 15) is 14.0 Å². The van der Waals surface area contributed by atoms with Crippen LogP contribution in [0.5, 0.6) is 0 Å². The summed E-state index contributed by atoms with van der Waals surface area (Å²) >= 11 is 1.36. The highest BCUT2D eigenvalue weighted by atomic mass is 32.1. The van der Waals surface area contributed by atoms with Crippen LogP contribution in [0.4, 0.5) is 10.3 Å². The van der Waals surface area contributed by atoms with Gasteiger partial charge in [0.1, 0.15) is 22.1 Å². The normalized spacial score (nSPS) is 11.2. The average molecular weight is 476 g/mol. The van der Waals surface area contributed by atoms with Gasteiger partial charge in [-0.15, -0.1) is 11.3 Å². The van der Waals surface area contributed by atoms with Crippen LogP contribution < -0.4 is 5.32 Å². The summed E-state index contributed by atoms with van der Waals surface area (Å²) < 4.78 is 25.6. The van der Waals surface area contributed by atoms with Crippen molar-refractivity contribution in [2.75, 3.05) is 12.4 Å². The number of aromatic nitrogens is 2. The number of pyridine rings is 1. The minimum absolute atomic E-state index is 0.0565. The van der Waals surface area contributed by atoms with Crippen LogP contribution >= 0.6 is 11.3 Å². The highest BCUT2D eigenvalue weighted by molar-refractivity contribution is 7.21. The molecule has 0 saturated carbocycles. The second kappa shape index (κ2) is 8.35. The summed E-state index contributed by atoms with van der Waals surface area (Å²) in [6, 6.07) is 13.2. The minimum Gasteiger partial charge on any atom is -0.465 e. The molecule has 0 atom stereocenters. The molecule has 2 aromatic carbocycles. The molecule has 7 nitrogen and oxygen atoms in total. The lowest BCUT2D eigenvalue weighted by Crippen LogP contribution is -2.14. The molecular weight excluding hydrogens is 457 g/mol. The molecule has 3 aromatic heterocycles. The molecule has 1 N–H and O–H groups in total. The zero-order valence-corrected chi connectivity index (χ0v) is 19.2. The van der Waals surface area contributed by atoms with Crippen LogP contribution in [0.1, 0.15) is 32.2 Å². The van der Waals surface area contributed by atoms with Gasteiger partial charge in [0.05, 0.1) is 34.0 Å². The summed E-state index contributed by atoms with van der Waals surface area (Å²) in [6.45, 7) is 3.36. The Bertz CT molecular complexity index is 1570. The quantitative estimate of drug-likeness (QED) is 0.325. The molecule has 34 heavy (non-hydrogen) atoms. The Balaban J connectivity index is 1.65. The third-order valence-electron chi connectivity index (χ3n) is 5.35. The molecule has 5 rings (SSSR count). The number of hydrogen-bond donors (Lipinski definition) is 1. The van der Waals surface area contributed by atoms with Crippen LogP contribution in [-0.2, 0) is 4.74 Å². The lowest BCUT2D eigenvalue weighted by atomic mass is 10.1. The first-order valence-corrected chi connectivity index (χ1v) is 11.1. The number of amides is 1. The molecule has 0 radical (unpaired) electrons. The average Bonchev–Trinajstić information content (AvgIpc) is 3.38. The first-order chi connectivity index (χ1) is 16.4. The van der Waals surface area contributed by atoms with Gasteiger partial charge in [0, 0.05) is 11.1 Å². The Morgan fingerprint density at radius 1 is 1.06 bits per heavy atom. The van der Waals surface area contributed by atoms with E-state index in [-0.39, 0.29) is 22.8 Å². The molecule has 5 aromatic rings. The molecule has 3 heterocycles. The van der Waals surface area contributed by atoms with Gasteiger partial charge in [-0.05, 0) is 50.2 Å². The van der Waals surface area contributed by atoms with E-state index in [1.807, 2.05) is 24.3 Å². The highest BCUT2D eigenvalue weighted by Crippen LogP contribution is 2.41. The SMILES string of the molecule is COC(=O)c1c(C)oc(NC(=O)c2cc(C)nc3ccc(F)cc23)c1-c1nc2ccccc2s1. The van der Waals surface area contributed by atoms with Gasteiger partial charge in [-0.3, -0.25) is 15.1 Å². The van der Waals surface area contributed by atoms with Gasteiger partial charge in [-0.1, -0.05) is 12.1 Å². The van der Waals surface area contributed by atoms with Gasteiger partial charge in [0.15, 0.2) is 0 Å². The lowest BCUT2D eigenvalue weighted by molar-refractivity contribution is 0.0599. The molecule has 0 saturated heterocycles. The standard InChI is InChI=1S/C25H18FN3O4S/c1-12-10-16(15-11-14(26)8-9-17(15)27-12)22(30)29-23-21(20(13(2)33-23)25(31)32-3)24-28-18-6-4-5-7-19(18)34-24/h4-11H,1-3H3,(H,29,30). The highest BCUT2D eigenvalue weighted by Gasteiger charge is 2.29. The molecule has 0 aliphatic carbocycles. The Kier molecular flexibility index (Phi) is 5.33. The largest absolute Gasteiger partial charge is 0.465 e. The van der Waals surface area contributed by atoms with E-state index in [0.717, 1.165) is 10.2 Å². The van der Waals surface area contributed by atoms with Gasteiger partial charge in [-0.25, -0.2) is 14.2 Å². The summed E-state index contributed by atoms with van der Waals surface area (Å²) in [4.78, 5) is 35.0. The van der Waals surface area contributed by atoms with E-state index in [1.54, 1.807) is 19.9 Å². The van der Waals surface area contributed by atoms with E-state index in [2.05, 4.69) is 15.3 Å². The van der Waals surface area contributed by atoms with Gasteiger partial charge < -0.3 is 9.15 Å². The molecule has 0 aliphatic rings. The Morgan fingerprint density at radius 3 is 2.62 bits per heavy atom. The number of methoxy groups -OCH3 is 1. The third-order valence-corrected chi connectivity index (χ3v) is 6.41. The predicted molar refractivity (Wildman–Crippen MR) is 128 cm³/mol. The fourth-order valence-corrected chi connectivity index (χ4v) is 4.87. The molecule has 0 aliphatic heterocycles. The lowest BCUT2D eigenvalue weighted by Gasteiger charge is -2.09. The number of nitrogens with one attached hydrogen (secondary N) is 1. The smallest absolute Gasteiger partial charge is 0.342 e. The monoisotopic (exact) mass is 475 g/mol. The first kappa shape index (κ1) is 21.7. The number of hydrogen-bond acceptors (Lipinski definition) is 7. The maximum absolute atomic E-state index is 13.9. The molecule has 0 spiro atoms. The summed E-state index contributed by atoms with van der Waals surface area (Å²) in [7, 11) is 1.27. The van der Waals surface area contributed by atoms with E-state index >= 15 is 0 Å². The molecule has 0 fully saturated rings. The Labute approximate surface area is 197 Å². The fraction of sp³-hybridized carbons (Fsp3) is 0.120. The predicted octanol–water partition coefficient (Wildman–Crippen LogP) is 5.90. The van der Waals surface area contributed by atoms with Crippen LogP contribution in [0.25, 0.3) is 31.7 Å². The maximum atomic E-state index is 13.9. The van der Waals surface area contributed by atoms with Crippen LogP contribution in [0.15, 0.2) is 52.9 Å². The minimum atomic E-state index is -0.608. The number of rotatable bonds is 4. The maximum Gasteiger partial charge on any atom is 0.342 e. The number of fused-ring (bicyclic) bond motifs is 2. The number of furan rings is 1. The summed E-state index contributed by atoms with van der Waals surface area (Å²) in [6.07, 6.45) is 0. The second-order valence-electron chi connectivity index (χ2n) is 7.64. The van der Waals surface area contributed by atoms with Gasteiger partial charge in [0.25, 0.3) is 5.91 Å². The number of nitrogens with zero attached hydrogens (tertiary/aromatic N) is 2. The van der Waals surface area contributed by atoms with Crippen molar-refractivity contribution in [1.29, 1.82) is 0 Å². The number of benzene rings is 2. The van der Waals surface area contributed by atoms with Gasteiger partial charge in [0.2, 0.25) is 5.88 Å². The van der Waals surface area contributed by atoms with Crippen molar-refractivity contribution in [2.45, 2.75) is 13.8 Å². The van der Waals surface area contributed by atoms with Crippen molar-refractivity contribution < 1.29 is 23.1 Å². The summed E-state index contributed by atoms with van der Waals surface area (Å²) in [5, 5.41) is 3.61. The third kappa shape index (κ3) is 3.69. The van der Waals surface area contributed by atoms with Crippen molar-refractivity contribution in [3.63, 3.8) is 0 Å². The van der Waals surface area contributed by atoms with Crippen LogP contribution in [0.3, 0.4) is 0 Å². The molecule has 9 heteroatoms. The van der Waals surface area contributed by atoms with E-state index in [1.165, 1.54) is 36.6 Å². The van der Waals surface area contributed by atoms with Crippen molar-refractivity contribution in [3.05, 3.63) is 76.9 Å². The van der Waals surface area contributed by atoms with E-state index in [4.69, 9.17) is 9.15 Å². The van der Waals surface area contributed by atoms with E-state index < -0.39 is 17.7 Å². The Hall–Kier alpha value is -4.11. The summed E-state index contributed by atoms with van der Waals surface area (Å²) in [5.41, 5.74) is 2.58. The van der Waals surface area contributed by atoms with Crippen LogP contribution in [0, 0.1) is 19.7 Å². The molecule has 0 bridgehead atoms. The number of anilines is 1. The molecular formula is C25H18FN3O4S. The van der Waals surface area contributed by atoms with Crippen molar-refractivity contribution in [2.24, 2.45) is 0 Å². The van der Waals surface area contributed by atoms with Crippen LogP contribution in [-0.4, -0.2) is 29.0 Å². The van der Waals surface area contributed by atoms with E-state index in [0.29, 0.717) is 27.2 Å². The summed E-state index contributed by atoms with van der Waals surface area (Å²) in [5.74, 6) is -1.29. The van der Waals surface area contributed by atoms with Gasteiger partial charge in [-0.2, -0.15) is 0 Å². The zero-order chi connectivity index (χ0) is 24.0. The topological polar surface area (TPSA) is 94.3 Å². The van der Waals surface area contributed by atoms with Crippen molar-refractivity contribution >= 4 is 50.2 Å². The van der Waals surface area contributed by atoms with Gasteiger partial charge >= 0.3 is 5.97 Å². The number of esters is 1. The fourth-order valence-electron chi connectivity index (χ4n) is 3.85. The molecule has 1 amide bonds. The number of ether oxygens (including phenoxy) is 1. The molecule has 0 unspecified atom stereocenters. The number of halogens is 1.